The van der Waals surface area contributed by atoms with Crippen LogP contribution in [0.1, 0.15) is 16.8 Å². The average Bonchev–Trinajstić information content (AvgIpc) is 2.99. The summed E-state index contributed by atoms with van der Waals surface area (Å²) in [5, 5.41) is 0. The lowest BCUT2D eigenvalue weighted by Crippen LogP contribution is -2.29. The van der Waals surface area contributed by atoms with Crippen LogP contribution in [-0.2, 0) is 29.6 Å². The third kappa shape index (κ3) is 4.09. The van der Waals surface area contributed by atoms with Gasteiger partial charge in [-0.1, -0.05) is 6.07 Å². The first-order valence-electron chi connectivity index (χ1n) is 8.54. The van der Waals surface area contributed by atoms with Gasteiger partial charge in [0.05, 0.1) is 31.2 Å². The first-order chi connectivity index (χ1) is 14.1. The third-order valence-corrected chi connectivity index (χ3v) is 7.38. The number of methoxy groups -OCH3 is 2. The van der Waals surface area contributed by atoms with Gasteiger partial charge in [0.15, 0.2) is 0 Å². The molecule has 0 bridgehead atoms. The quantitative estimate of drug-likeness (QED) is 0.646. The van der Waals surface area contributed by atoms with Gasteiger partial charge < -0.3 is 9.47 Å². The fourth-order valence-corrected chi connectivity index (χ4v) is 5.60. The topological polar surface area (TPSA) is 136 Å². The molecule has 10 nitrogen and oxygen atoms in total. The highest BCUT2D eigenvalue weighted by atomic mass is 32.2. The number of anilines is 2. The van der Waals surface area contributed by atoms with Crippen LogP contribution in [0.2, 0.25) is 0 Å². The van der Waals surface area contributed by atoms with Crippen molar-refractivity contribution in [3.05, 3.63) is 48.0 Å². The van der Waals surface area contributed by atoms with Crippen molar-refractivity contribution in [2.75, 3.05) is 29.0 Å². The van der Waals surface area contributed by atoms with Crippen molar-refractivity contribution < 1.29 is 35.9 Å². The molecule has 0 spiro atoms. The molecule has 3 rings (SSSR count). The normalized spacial score (nSPS) is 15.7. The largest absolute Gasteiger partial charge is 0.495 e. The van der Waals surface area contributed by atoms with Crippen LogP contribution in [0.4, 0.5) is 11.4 Å². The lowest BCUT2D eigenvalue weighted by atomic mass is 10.2. The smallest absolute Gasteiger partial charge is 0.337 e. The van der Waals surface area contributed by atoms with Gasteiger partial charge in [0.2, 0.25) is 15.9 Å². The van der Waals surface area contributed by atoms with Gasteiger partial charge in [-0.15, -0.1) is 0 Å². The van der Waals surface area contributed by atoms with Crippen molar-refractivity contribution in [1.82, 2.24) is 0 Å². The summed E-state index contributed by atoms with van der Waals surface area (Å²) in [6.45, 7) is 0. The highest BCUT2D eigenvalue weighted by Gasteiger charge is 2.37. The van der Waals surface area contributed by atoms with Crippen LogP contribution in [0, 0.1) is 0 Å². The highest BCUT2D eigenvalue weighted by molar-refractivity contribution is 7.94. The second-order valence-corrected chi connectivity index (χ2v) is 9.83. The minimum absolute atomic E-state index is 0.0561. The van der Waals surface area contributed by atoms with Crippen LogP contribution in [0.25, 0.3) is 0 Å². The van der Waals surface area contributed by atoms with Crippen molar-refractivity contribution >= 4 is 43.3 Å². The van der Waals surface area contributed by atoms with Gasteiger partial charge in [-0.3, -0.25) is 9.52 Å². The van der Waals surface area contributed by atoms with Crippen molar-refractivity contribution in [3.8, 4) is 5.75 Å². The Balaban J connectivity index is 2.03. The molecule has 2 aromatic rings. The zero-order chi connectivity index (χ0) is 22.1. The molecule has 1 aliphatic heterocycles. The number of carbonyl (C=O) groups is 2. The van der Waals surface area contributed by atoms with E-state index in [2.05, 4.69) is 9.46 Å². The van der Waals surface area contributed by atoms with Crippen LogP contribution in [0.15, 0.2) is 47.4 Å². The van der Waals surface area contributed by atoms with E-state index in [4.69, 9.17) is 4.74 Å². The van der Waals surface area contributed by atoms with Gasteiger partial charge in [-0.2, -0.15) is 0 Å². The van der Waals surface area contributed by atoms with Crippen LogP contribution in [0.5, 0.6) is 5.75 Å². The van der Waals surface area contributed by atoms with Crippen molar-refractivity contribution in [2.24, 2.45) is 0 Å². The van der Waals surface area contributed by atoms with Gasteiger partial charge in [-0.05, 0) is 36.4 Å². The van der Waals surface area contributed by atoms with Crippen molar-refractivity contribution in [2.45, 2.75) is 11.3 Å². The average molecular weight is 454 g/mol. The molecular formula is C18H18N2O8S2. The number of carbonyl (C=O) groups excluding carboxylic acids is 2. The molecule has 1 saturated heterocycles. The van der Waals surface area contributed by atoms with E-state index < -0.39 is 31.9 Å². The number of benzene rings is 2. The zero-order valence-corrected chi connectivity index (χ0v) is 17.6. The lowest BCUT2D eigenvalue weighted by molar-refractivity contribution is -0.116. The van der Waals surface area contributed by atoms with Crippen molar-refractivity contribution in [3.63, 3.8) is 0 Å². The number of rotatable bonds is 6. The molecule has 1 aliphatic rings. The van der Waals surface area contributed by atoms with Crippen LogP contribution in [0.3, 0.4) is 0 Å². The van der Waals surface area contributed by atoms with E-state index >= 15 is 0 Å². The molecule has 2 aromatic carbocycles. The molecule has 1 N–H and O–H groups in total. The monoisotopic (exact) mass is 454 g/mol. The third-order valence-electron chi connectivity index (χ3n) is 4.29. The minimum Gasteiger partial charge on any atom is -0.495 e. The summed E-state index contributed by atoms with van der Waals surface area (Å²) in [7, 11) is -5.69. The lowest BCUT2D eigenvalue weighted by Gasteiger charge is -2.18. The summed E-state index contributed by atoms with van der Waals surface area (Å²) in [6, 6.07) is 9.23. The number of nitrogens with zero attached hydrogens (tertiary/aromatic N) is 1. The first kappa shape index (κ1) is 21.6. The Kier molecular flexibility index (Phi) is 5.72. The summed E-state index contributed by atoms with van der Waals surface area (Å²) < 4.78 is 62.9. The van der Waals surface area contributed by atoms with Gasteiger partial charge in [0, 0.05) is 12.1 Å². The molecule has 160 valence electrons. The summed E-state index contributed by atoms with van der Waals surface area (Å²) >= 11 is 0. The second-order valence-electron chi connectivity index (χ2n) is 6.24. The van der Waals surface area contributed by atoms with E-state index in [9.17, 15) is 26.4 Å². The predicted molar refractivity (Wildman–Crippen MR) is 107 cm³/mol. The number of amides is 1. The Morgan fingerprint density at radius 1 is 1.13 bits per heavy atom. The Morgan fingerprint density at radius 2 is 1.87 bits per heavy atom. The SMILES string of the molecule is COC(=O)c1cccc(NS(=O)(=O)c2cc(N3C(=O)CCS3(=O)=O)ccc2OC)c1. The summed E-state index contributed by atoms with van der Waals surface area (Å²) in [5.74, 6) is -1.70. The van der Waals surface area contributed by atoms with E-state index in [-0.39, 0.29) is 39.8 Å². The molecule has 0 unspecified atom stereocenters. The molecule has 12 heteroatoms. The molecular weight excluding hydrogens is 436 g/mol. The standard InChI is InChI=1S/C18H18N2O8S2/c1-27-15-7-6-14(20-17(21)8-9-29(20,23)24)11-16(15)30(25,26)19-13-5-3-4-12(10-13)18(22)28-2/h3-7,10-11,19H,8-9H2,1-2H3. The van der Waals surface area contributed by atoms with Gasteiger partial charge >= 0.3 is 5.97 Å². The number of sulfonamides is 2. The summed E-state index contributed by atoms with van der Waals surface area (Å²) in [4.78, 5) is 23.3. The number of hydrogen-bond acceptors (Lipinski definition) is 8. The maximum Gasteiger partial charge on any atom is 0.337 e. The van der Waals surface area contributed by atoms with Crippen molar-refractivity contribution in [1.29, 1.82) is 0 Å². The van der Waals surface area contributed by atoms with Crippen LogP contribution >= 0.6 is 0 Å². The number of hydrogen-bond donors (Lipinski definition) is 1. The summed E-state index contributed by atoms with van der Waals surface area (Å²) in [6.07, 6.45) is -0.185. The molecule has 0 aliphatic carbocycles. The second kappa shape index (κ2) is 7.95. The number of esters is 1. The molecule has 30 heavy (non-hydrogen) atoms. The van der Waals surface area contributed by atoms with Crippen LogP contribution in [-0.4, -0.2) is 48.7 Å². The molecule has 0 atom stereocenters. The zero-order valence-electron chi connectivity index (χ0n) is 16.0. The maximum absolute atomic E-state index is 13.0. The maximum atomic E-state index is 13.0. The predicted octanol–water partition coefficient (Wildman–Crippen LogP) is 1.35. The molecule has 1 fully saturated rings. The van der Waals surface area contributed by atoms with E-state index in [0.29, 0.717) is 4.31 Å². The Morgan fingerprint density at radius 3 is 2.47 bits per heavy atom. The Hall–Kier alpha value is -3.12. The molecule has 1 amide bonds. The van der Waals surface area contributed by atoms with Gasteiger partial charge in [0.25, 0.3) is 10.0 Å². The first-order valence-corrected chi connectivity index (χ1v) is 11.6. The molecule has 0 saturated carbocycles. The van der Waals surface area contributed by atoms with Gasteiger partial charge in [-0.25, -0.2) is 25.9 Å². The summed E-state index contributed by atoms with van der Waals surface area (Å²) in [5.41, 5.74) is 0.101. The Bertz CT molecular complexity index is 1220. The van der Waals surface area contributed by atoms with Crippen LogP contribution < -0.4 is 13.8 Å². The van der Waals surface area contributed by atoms with Gasteiger partial charge in [0.1, 0.15) is 10.6 Å². The molecule has 0 radical (unpaired) electrons. The number of ether oxygens (including phenoxy) is 2. The fraction of sp³-hybridized carbons (Fsp3) is 0.222. The van der Waals surface area contributed by atoms with E-state index in [0.717, 1.165) is 6.07 Å². The Labute approximate surface area is 173 Å². The molecule has 0 aromatic heterocycles. The van der Waals surface area contributed by atoms with E-state index in [1.807, 2.05) is 0 Å². The molecule has 1 heterocycles. The minimum atomic E-state index is -4.27. The highest BCUT2D eigenvalue weighted by Crippen LogP contribution is 2.33. The number of nitrogens with one attached hydrogen (secondary N) is 1. The van der Waals surface area contributed by atoms with E-state index in [1.165, 1.54) is 50.6 Å². The van der Waals surface area contributed by atoms with E-state index in [1.54, 1.807) is 0 Å². The fourth-order valence-electron chi connectivity index (χ4n) is 2.91.